The van der Waals surface area contributed by atoms with Gasteiger partial charge < -0.3 is 10.2 Å². The Kier molecular flexibility index (Phi) is 4.19. The van der Waals surface area contributed by atoms with Crippen molar-refractivity contribution in [3.8, 4) is 0 Å². The van der Waals surface area contributed by atoms with Crippen LogP contribution in [0.4, 0.5) is 23.1 Å². The number of halogens is 2. The van der Waals surface area contributed by atoms with E-state index in [-0.39, 0.29) is 6.04 Å². The predicted octanol–water partition coefficient (Wildman–Crippen LogP) is 5.00. The van der Waals surface area contributed by atoms with Gasteiger partial charge in [-0.1, -0.05) is 41.4 Å². The molecule has 7 heteroatoms. The number of fused-ring (bicyclic) bond motifs is 1. The molecule has 1 aliphatic heterocycles. The van der Waals surface area contributed by atoms with E-state index in [0.717, 1.165) is 17.8 Å². The maximum Gasteiger partial charge on any atom is 0.252 e. The average Bonchev–Trinajstić information content (AvgIpc) is 2.90. The van der Waals surface area contributed by atoms with Gasteiger partial charge in [-0.15, -0.1) is 5.10 Å². The van der Waals surface area contributed by atoms with Crippen molar-refractivity contribution in [1.82, 2.24) is 15.2 Å². The van der Waals surface area contributed by atoms with E-state index < -0.39 is 0 Å². The second-order valence-corrected chi connectivity index (χ2v) is 6.85. The lowest BCUT2D eigenvalue weighted by atomic mass is 10.1. The summed E-state index contributed by atoms with van der Waals surface area (Å²) in [4.78, 5) is 6.72. The lowest BCUT2D eigenvalue weighted by Gasteiger charge is -2.22. The number of nitrogens with one attached hydrogen (secondary N) is 1. The van der Waals surface area contributed by atoms with Crippen LogP contribution in [0.5, 0.6) is 0 Å². The smallest absolute Gasteiger partial charge is 0.252 e. The van der Waals surface area contributed by atoms with Crippen LogP contribution in [-0.4, -0.2) is 21.2 Å². The molecule has 0 spiro atoms. The Balaban J connectivity index is 1.66. The van der Waals surface area contributed by atoms with E-state index in [1.807, 2.05) is 6.07 Å². The Bertz CT molecular complexity index is 911. The van der Waals surface area contributed by atoms with Crippen LogP contribution in [0.1, 0.15) is 12.5 Å². The molecule has 1 aromatic heterocycles. The van der Waals surface area contributed by atoms with Crippen molar-refractivity contribution in [2.24, 2.45) is 0 Å². The van der Waals surface area contributed by atoms with Gasteiger partial charge in [0.25, 0.3) is 5.95 Å². The highest BCUT2D eigenvalue weighted by Crippen LogP contribution is 2.36. The minimum atomic E-state index is 0.273. The minimum absolute atomic E-state index is 0.273. The van der Waals surface area contributed by atoms with Crippen LogP contribution in [0.2, 0.25) is 10.0 Å². The minimum Gasteiger partial charge on any atom is -0.339 e. The normalized spacial score (nSPS) is 16.0. The molecule has 1 N–H and O–H groups in total. The van der Waals surface area contributed by atoms with E-state index in [1.165, 1.54) is 5.56 Å². The molecule has 0 aliphatic carbocycles. The van der Waals surface area contributed by atoms with Gasteiger partial charge in [0, 0.05) is 27.5 Å². The number of nitrogens with zero attached hydrogens (tertiary/aromatic N) is 4. The third-order valence-electron chi connectivity index (χ3n) is 4.11. The highest BCUT2D eigenvalue weighted by atomic mass is 35.5. The molecule has 4 rings (SSSR count). The molecule has 1 unspecified atom stereocenters. The Morgan fingerprint density at radius 2 is 1.88 bits per heavy atom. The fraction of sp³-hybridized carbons (Fsp3) is 0.167. The third kappa shape index (κ3) is 3.25. The van der Waals surface area contributed by atoms with Crippen LogP contribution < -0.4 is 10.2 Å². The summed E-state index contributed by atoms with van der Waals surface area (Å²) in [5, 5.41) is 12.6. The lowest BCUT2D eigenvalue weighted by molar-refractivity contribution is 0.730. The van der Waals surface area contributed by atoms with E-state index >= 15 is 0 Å². The number of rotatable bonds is 3. The first-order valence-electron chi connectivity index (χ1n) is 7.90. The number of anilines is 4. The zero-order valence-corrected chi connectivity index (χ0v) is 15.0. The molecule has 0 saturated heterocycles. The molecule has 25 heavy (non-hydrogen) atoms. The Hall–Kier alpha value is -2.37. The van der Waals surface area contributed by atoms with Crippen molar-refractivity contribution >= 4 is 46.3 Å². The van der Waals surface area contributed by atoms with Crippen LogP contribution in [-0.2, 0) is 6.42 Å². The Morgan fingerprint density at radius 1 is 1.12 bits per heavy atom. The highest BCUT2D eigenvalue weighted by Gasteiger charge is 2.29. The summed E-state index contributed by atoms with van der Waals surface area (Å²) >= 11 is 12.1. The Morgan fingerprint density at radius 3 is 2.68 bits per heavy atom. The maximum atomic E-state index is 6.05. The van der Waals surface area contributed by atoms with E-state index in [1.54, 1.807) is 24.4 Å². The van der Waals surface area contributed by atoms with Crippen molar-refractivity contribution in [3.05, 3.63) is 64.3 Å². The maximum absolute atomic E-state index is 6.05. The van der Waals surface area contributed by atoms with E-state index in [2.05, 4.69) is 50.5 Å². The predicted molar refractivity (Wildman–Crippen MR) is 101 cm³/mol. The zero-order chi connectivity index (χ0) is 17.4. The summed E-state index contributed by atoms with van der Waals surface area (Å²) < 4.78 is 0. The molecule has 3 aromatic rings. The molecule has 0 radical (unpaired) electrons. The summed E-state index contributed by atoms with van der Waals surface area (Å²) in [5.74, 6) is 1.15. The molecule has 1 aliphatic rings. The van der Waals surface area contributed by atoms with Gasteiger partial charge >= 0.3 is 0 Å². The monoisotopic (exact) mass is 371 g/mol. The van der Waals surface area contributed by atoms with Gasteiger partial charge in [0.15, 0.2) is 5.82 Å². The van der Waals surface area contributed by atoms with Gasteiger partial charge in [-0.05, 0) is 43.2 Å². The summed E-state index contributed by atoms with van der Waals surface area (Å²) in [6, 6.07) is 13.8. The second kappa shape index (κ2) is 6.50. The fourth-order valence-electron chi connectivity index (χ4n) is 3.10. The van der Waals surface area contributed by atoms with E-state index in [9.17, 15) is 0 Å². The summed E-state index contributed by atoms with van der Waals surface area (Å²) in [6.45, 7) is 2.15. The molecule has 2 heterocycles. The number of benzene rings is 2. The van der Waals surface area contributed by atoms with E-state index in [4.69, 9.17) is 23.2 Å². The van der Waals surface area contributed by atoms with Crippen molar-refractivity contribution in [3.63, 3.8) is 0 Å². The van der Waals surface area contributed by atoms with Crippen LogP contribution in [0.25, 0.3) is 0 Å². The molecule has 5 nitrogen and oxygen atoms in total. The molecule has 0 fully saturated rings. The first kappa shape index (κ1) is 16.1. The van der Waals surface area contributed by atoms with Gasteiger partial charge in [0.1, 0.15) is 0 Å². The quantitative estimate of drug-likeness (QED) is 0.701. The van der Waals surface area contributed by atoms with Gasteiger partial charge in [0.05, 0.1) is 6.20 Å². The fourth-order valence-corrected chi connectivity index (χ4v) is 3.63. The average molecular weight is 372 g/mol. The molecule has 0 amide bonds. The molecule has 1 atom stereocenters. The molecule has 0 bridgehead atoms. The number of para-hydroxylation sites is 1. The van der Waals surface area contributed by atoms with Crippen LogP contribution >= 0.6 is 23.2 Å². The van der Waals surface area contributed by atoms with E-state index in [0.29, 0.717) is 21.8 Å². The standard InChI is InChI=1S/C18H15Cl2N5/c1-11-6-12-4-2-3-5-16(12)25(11)18-23-17(10-21-24-18)22-15-8-13(19)7-14(20)9-15/h2-5,7-11H,6H2,1H3,(H,22,23,24). The molecular weight excluding hydrogens is 357 g/mol. The number of aromatic nitrogens is 3. The SMILES string of the molecule is CC1Cc2ccccc2N1c1nncc(Nc2cc(Cl)cc(Cl)c2)n1. The molecule has 0 saturated carbocycles. The summed E-state index contributed by atoms with van der Waals surface area (Å²) in [6.07, 6.45) is 2.53. The number of hydrogen-bond acceptors (Lipinski definition) is 5. The number of hydrogen-bond donors (Lipinski definition) is 1. The molecule has 2 aromatic carbocycles. The van der Waals surface area contributed by atoms with Crippen molar-refractivity contribution < 1.29 is 0 Å². The third-order valence-corrected chi connectivity index (χ3v) is 4.54. The molecular formula is C18H15Cl2N5. The largest absolute Gasteiger partial charge is 0.339 e. The summed E-state index contributed by atoms with van der Waals surface area (Å²) in [7, 11) is 0. The van der Waals surface area contributed by atoms with Crippen LogP contribution in [0, 0.1) is 0 Å². The van der Waals surface area contributed by atoms with Gasteiger partial charge in [-0.25, -0.2) is 0 Å². The lowest BCUT2D eigenvalue weighted by Crippen LogP contribution is -2.26. The molecule has 126 valence electrons. The first-order valence-corrected chi connectivity index (χ1v) is 8.66. The van der Waals surface area contributed by atoms with Crippen LogP contribution in [0.3, 0.4) is 0 Å². The highest BCUT2D eigenvalue weighted by molar-refractivity contribution is 6.35. The van der Waals surface area contributed by atoms with Crippen molar-refractivity contribution in [1.29, 1.82) is 0 Å². The van der Waals surface area contributed by atoms with Gasteiger partial charge in [0.2, 0.25) is 0 Å². The van der Waals surface area contributed by atoms with Gasteiger partial charge in [-0.3, -0.25) is 0 Å². The first-order chi connectivity index (χ1) is 12.1. The van der Waals surface area contributed by atoms with Crippen LogP contribution in [0.15, 0.2) is 48.7 Å². The van der Waals surface area contributed by atoms with Gasteiger partial charge in [-0.2, -0.15) is 10.1 Å². The Labute approximate surface area is 155 Å². The topological polar surface area (TPSA) is 53.9 Å². The second-order valence-electron chi connectivity index (χ2n) is 5.98. The van der Waals surface area contributed by atoms with Crippen molar-refractivity contribution in [2.75, 3.05) is 10.2 Å². The zero-order valence-electron chi connectivity index (χ0n) is 13.4. The van der Waals surface area contributed by atoms with Crippen molar-refractivity contribution in [2.45, 2.75) is 19.4 Å². The summed E-state index contributed by atoms with van der Waals surface area (Å²) in [5.41, 5.74) is 3.16.